The molecule has 0 unspecified atom stereocenters. The molecule has 1 heterocycles. The molecule has 3 rings (SSSR count). The Hall–Kier alpha value is -3.02. The average Bonchev–Trinajstić information content (AvgIpc) is 2.83. The molecular weight excluding hydrogens is 394 g/mol. The molecule has 166 valence electrons. The fourth-order valence-corrected chi connectivity index (χ4v) is 4.16. The van der Waals surface area contributed by atoms with Crippen molar-refractivity contribution in [3.8, 4) is 11.5 Å². The molecule has 0 N–H and O–H groups in total. The maximum absolute atomic E-state index is 13.2. The first-order chi connectivity index (χ1) is 15.0. The number of benzene rings is 2. The summed E-state index contributed by atoms with van der Waals surface area (Å²) in [6, 6.07) is 15.4. The van der Waals surface area contributed by atoms with Gasteiger partial charge in [-0.05, 0) is 56.4 Å². The van der Waals surface area contributed by atoms with E-state index < -0.39 is 5.41 Å². The van der Waals surface area contributed by atoms with Gasteiger partial charge >= 0.3 is 5.97 Å². The third-order valence-electron chi connectivity index (χ3n) is 6.09. The predicted molar refractivity (Wildman–Crippen MR) is 119 cm³/mol. The minimum absolute atomic E-state index is 0.115. The normalized spacial score (nSPS) is 15.3. The van der Waals surface area contributed by atoms with Crippen molar-refractivity contribution >= 4 is 11.9 Å². The van der Waals surface area contributed by atoms with Gasteiger partial charge in [-0.15, -0.1) is 0 Å². The summed E-state index contributed by atoms with van der Waals surface area (Å²) in [6.45, 7) is 3.17. The van der Waals surface area contributed by atoms with Crippen LogP contribution in [0.25, 0.3) is 0 Å². The monoisotopic (exact) mass is 425 g/mol. The van der Waals surface area contributed by atoms with Crippen molar-refractivity contribution in [1.29, 1.82) is 0 Å². The molecule has 0 aliphatic carbocycles. The Kier molecular flexibility index (Phi) is 7.55. The number of methoxy groups -OCH3 is 2. The van der Waals surface area contributed by atoms with Gasteiger partial charge in [-0.1, -0.05) is 30.3 Å². The lowest BCUT2D eigenvalue weighted by atomic mass is 9.74. The van der Waals surface area contributed by atoms with Crippen LogP contribution in [-0.2, 0) is 16.0 Å². The molecule has 0 spiro atoms. The number of carbonyl (C=O) groups excluding carboxylic acids is 2. The van der Waals surface area contributed by atoms with E-state index in [0.717, 1.165) is 6.42 Å². The van der Waals surface area contributed by atoms with E-state index in [1.165, 1.54) is 5.56 Å². The molecule has 0 atom stereocenters. The summed E-state index contributed by atoms with van der Waals surface area (Å²) >= 11 is 0. The smallest absolute Gasteiger partial charge is 0.312 e. The lowest BCUT2D eigenvalue weighted by molar-refractivity contribution is -0.158. The van der Waals surface area contributed by atoms with Crippen LogP contribution in [0.2, 0.25) is 0 Å². The zero-order chi connectivity index (χ0) is 22.3. The van der Waals surface area contributed by atoms with E-state index in [4.69, 9.17) is 14.2 Å². The fraction of sp³-hybridized carbons (Fsp3) is 0.440. The molecule has 1 saturated heterocycles. The molecular formula is C25H31NO5. The summed E-state index contributed by atoms with van der Waals surface area (Å²) in [4.78, 5) is 27.9. The number of nitrogens with zero attached hydrogens (tertiary/aromatic N) is 1. The average molecular weight is 426 g/mol. The van der Waals surface area contributed by atoms with Gasteiger partial charge in [0, 0.05) is 13.1 Å². The highest BCUT2D eigenvalue weighted by molar-refractivity contribution is 5.97. The number of aryl methyl sites for hydroxylation is 1. The van der Waals surface area contributed by atoms with Gasteiger partial charge in [-0.2, -0.15) is 0 Å². The number of hydrogen-bond acceptors (Lipinski definition) is 5. The number of likely N-dealkylation sites (tertiary alicyclic amines) is 1. The van der Waals surface area contributed by atoms with Crippen molar-refractivity contribution in [2.45, 2.75) is 32.6 Å². The molecule has 0 radical (unpaired) electrons. The fourth-order valence-electron chi connectivity index (χ4n) is 4.16. The lowest BCUT2D eigenvalue weighted by Gasteiger charge is -2.40. The third kappa shape index (κ3) is 5.19. The number of carbonyl (C=O) groups is 2. The van der Waals surface area contributed by atoms with E-state index in [-0.39, 0.29) is 11.9 Å². The van der Waals surface area contributed by atoms with Crippen molar-refractivity contribution in [3.63, 3.8) is 0 Å². The van der Waals surface area contributed by atoms with Crippen LogP contribution in [0, 0.1) is 5.41 Å². The molecule has 0 aromatic heterocycles. The third-order valence-corrected chi connectivity index (χ3v) is 6.09. The first-order valence-electron chi connectivity index (χ1n) is 10.8. The lowest BCUT2D eigenvalue weighted by Crippen LogP contribution is -2.47. The summed E-state index contributed by atoms with van der Waals surface area (Å²) in [6.07, 6.45) is 2.67. The van der Waals surface area contributed by atoms with Gasteiger partial charge in [-0.3, -0.25) is 9.59 Å². The van der Waals surface area contributed by atoms with Gasteiger partial charge in [0.05, 0.1) is 31.8 Å². The second kappa shape index (κ2) is 10.3. The van der Waals surface area contributed by atoms with Crippen molar-refractivity contribution in [2.24, 2.45) is 5.41 Å². The molecule has 1 aliphatic heterocycles. The summed E-state index contributed by atoms with van der Waals surface area (Å²) < 4.78 is 16.1. The van der Waals surface area contributed by atoms with Crippen molar-refractivity contribution in [1.82, 2.24) is 4.90 Å². The van der Waals surface area contributed by atoms with Crippen LogP contribution in [0.1, 0.15) is 42.1 Å². The Morgan fingerprint density at radius 1 is 1.00 bits per heavy atom. The van der Waals surface area contributed by atoms with Gasteiger partial charge < -0.3 is 19.1 Å². The summed E-state index contributed by atoms with van der Waals surface area (Å²) in [7, 11) is 3.11. The predicted octanol–water partition coefficient (Wildman–Crippen LogP) is 4.12. The highest BCUT2D eigenvalue weighted by Crippen LogP contribution is 2.38. The molecule has 31 heavy (non-hydrogen) atoms. The van der Waals surface area contributed by atoms with E-state index in [0.29, 0.717) is 56.0 Å². The molecule has 2 aromatic rings. The van der Waals surface area contributed by atoms with Crippen LogP contribution in [0.5, 0.6) is 11.5 Å². The highest BCUT2D eigenvalue weighted by Gasteiger charge is 2.43. The molecule has 1 fully saturated rings. The maximum Gasteiger partial charge on any atom is 0.312 e. The SMILES string of the molecule is CCOC(=O)C1(CCc2ccccc2)CCN(C(=O)c2cc(OC)ccc2OC)CC1. The first-order valence-corrected chi connectivity index (χ1v) is 10.8. The van der Waals surface area contributed by atoms with Gasteiger partial charge in [0.1, 0.15) is 11.5 Å². The van der Waals surface area contributed by atoms with Gasteiger partial charge in [0.15, 0.2) is 0 Å². The zero-order valence-electron chi connectivity index (χ0n) is 18.6. The topological polar surface area (TPSA) is 65.1 Å². The van der Waals surface area contributed by atoms with Gasteiger partial charge in [0.25, 0.3) is 5.91 Å². The number of amides is 1. The van der Waals surface area contributed by atoms with Crippen LogP contribution in [0.4, 0.5) is 0 Å². The number of rotatable bonds is 8. The maximum atomic E-state index is 13.2. The van der Waals surface area contributed by atoms with Crippen LogP contribution in [-0.4, -0.2) is 50.7 Å². The Morgan fingerprint density at radius 2 is 1.71 bits per heavy atom. The summed E-state index contributed by atoms with van der Waals surface area (Å²) in [5.41, 5.74) is 1.10. The van der Waals surface area contributed by atoms with Crippen LogP contribution < -0.4 is 9.47 Å². The minimum Gasteiger partial charge on any atom is -0.497 e. The number of piperidine rings is 1. The standard InChI is InChI=1S/C25H31NO5/c1-4-31-24(28)25(13-12-19-8-6-5-7-9-19)14-16-26(17-15-25)23(27)21-18-20(29-2)10-11-22(21)30-3/h5-11,18H,4,12-17H2,1-3H3. The second-order valence-electron chi connectivity index (χ2n) is 7.84. The van der Waals surface area contributed by atoms with Crippen molar-refractivity contribution in [3.05, 3.63) is 59.7 Å². The van der Waals surface area contributed by atoms with E-state index in [1.807, 2.05) is 25.1 Å². The van der Waals surface area contributed by atoms with E-state index in [1.54, 1.807) is 37.3 Å². The van der Waals surface area contributed by atoms with Crippen LogP contribution >= 0.6 is 0 Å². The van der Waals surface area contributed by atoms with Crippen LogP contribution in [0.3, 0.4) is 0 Å². The molecule has 0 bridgehead atoms. The van der Waals surface area contributed by atoms with Crippen LogP contribution in [0.15, 0.2) is 48.5 Å². The van der Waals surface area contributed by atoms with E-state index in [2.05, 4.69) is 12.1 Å². The first kappa shape index (κ1) is 22.7. The molecule has 6 heteroatoms. The molecule has 1 amide bonds. The summed E-state index contributed by atoms with van der Waals surface area (Å²) in [5, 5.41) is 0. The van der Waals surface area contributed by atoms with Gasteiger partial charge in [-0.25, -0.2) is 0 Å². The van der Waals surface area contributed by atoms with E-state index in [9.17, 15) is 9.59 Å². The highest BCUT2D eigenvalue weighted by atomic mass is 16.5. The Morgan fingerprint density at radius 3 is 2.32 bits per heavy atom. The molecule has 6 nitrogen and oxygen atoms in total. The zero-order valence-corrected chi connectivity index (χ0v) is 18.6. The minimum atomic E-state index is -0.568. The molecule has 2 aromatic carbocycles. The largest absolute Gasteiger partial charge is 0.497 e. The number of hydrogen-bond donors (Lipinski definition) is 0. The van der Waals surface area contributed by atoms with Crippen molar-refractivity contribution < 1.29 is 23.8 Å². The number of ether oxygens (including phenoxy) is 3. The Labute approximate surface area is 184 Å². The number of esters is 1. The molecule has 1 aliphatic rings. The quantitative estimate of drug-likeness (QED) is 0.595. The Balaban J connectivity index is 1.74. The van der Waals surface area contributed by atoms with Gasteiger partial charge in [0.2, 0.25) is 0 Å². The van der Waals surface area contributed by atoms with Crippen molar-refractivity contribution in [2.75, 3.05) is 33.9 Å². The second-order valence-corrected chi connectivity index (χ2v) is 7.84. The Bertz CT molecular complexity index is 888. The summed E-state index contributed by atoms with van der Waals surface area (Å²) in [5.74, 6) is 0.843. The van der Waals surface area contributed by atoms with E-state index >= 15 is 0 Å². The molecule has 0 saturated carbocycles.